The van der Waals surface area contributed by atoms with Gasteiger partial charge in [0.2, 0.25) is 0 Å². The summed E-state index contributed by atoms with van der Waals surface area (Å²) in [5, 5.41) is 0. The fourth-order valence-corrected chi connectivity index (χ4v) is 2.29. The van der Waals surface area contributed by atoms with Crippen LogP contribution in [0, 0.1) is 0 Å². The van der Waals surface area contributed by atoms with Gasteiger partial charge in [-0.3, -0.25) is 0 Å². The molecule has 0 fully saturated rings. The van der Waals surface area contributed by atoms with Gasteiger partial charge >= 0.3 is 0 Å². The third-order valence-electron chi connectivity index (χ3n) is 3.36. The first-order valence-corrected chi connectivity index (χ1v) is 7.15. The van der Waals surface area contributed by atoms with Crippen molar-refractivity contribution in [3.05, 3.63) is 72.3 Å². The van der Waals surface area contributed by atoms with Crippen molar-refractivity contribution >= 4 is 0 Å². The number of unbranched alkanes of at least 4 members (excludes halogenated alkanes) is 2. The van der Waals surface area contributed by atoms with Crippen molar-refractivity contribution in [1.29, 1.82) is 0 Å². The maximum absolute atomic E-state index is 2.32. The highest BCUT2D eigenvalue weighted by molar-refractivity contribution is 5.63. The molecule has 2 rings (SSSR count). The van der Waals surface area contributed by atoms with Gasteiger partial charge in [-0.05, 0) is 49.3 Å². The second kappa shape index (κ2) is 7.58. The first kappa shape index (κ1) is 13.6. The predicted molar refractivity (Wildman–Crippen MR) is 84.2 cm³/mol. The van der Waals surface area contributed by atoms with E-state index < -0.39 is 0 Å². The van der Waals surface area contributed by atoms with Crippen molar-refractivity contribution in [2.24, 2.45) is 0 Å². The zero-order valence-corrected chi connectivity index (χ0v) is 11.7. The molecule has 0 nitrogen and oxygen atoms in total. The molecule has 0 N–H and O–H groups in total. The molecule has 0 saturated heterocycles. The molecule has 0 unspecified atom stereocenters. The molecule has 0 radical (unpaired) electrons. The highest BCUT2D eigenvalue weighted by Gasteiger charge is 1.98. The van der Waals surface area contributed by atoms with Gasteiger partial charge in [0.25, 0.3) is 0 Å². The number of rotatable bonds is 6. The molecule has 0 bridgehead atoms. The van der Waals surface area contributed by atoms with E-state index in [-0.39, 0.29) is 0 Å². The Kier molecular flexibility index (Phi) is 5.43. The molecular formula is C19H22. The van der Waals surface area contributed by atoms with Gasteiger partial charge in [-0.1, -0.05) is 66.7 Å². The Balaban J connectivity index is 1.96. The summed E-state index contributed by atoms with van der Waals surface area (Å²) in [6.45, 7) is 2.09. The molecular weight excluding hydrogens is 228 g/mol. The average Bonchev–Trinajstić information content (AvgIpc) is 2.48. The largest absolute Gasteiger partial charge is 0.0917 e. The molecule has 2 aromatic carbocycles. The maximum Gasteiger partial charge on any atom is -0.0181 e. The number of benzene rings is 2. The van der Waals surface area contributed by atoms with Gasteiger partial charge in [-0.15, -0.1) is 0 Å². The minimum Gasteiger partial charge on any atom is -0.0917 e. The molecule has 0 spiro atoms. The van der Waals surface area contributed by atoms with E-state index in [1.165, 1.54) is 42.4 Å². The zero-order valence-electron chi connectivity index (χ0n) is 11.7. The first-order chi connectivity index (χ1) is 9.40. The molecule has 0 aliphatic rings. The standard InChI is InChI=1S/C19H22/c1-2-3-4-5-7-11-17-12-10-15-19(16-17)18-13-8-6-9-14-18/h2-3,6,8-10,12-16H,4-5,7,11H2,1H3/b3-2+. The molecule has 0 aliphatic heterocycles. The van der Waals surface area contributed by atoms with Crippen molar-refractivity contribution in [1.82, 2.24) is 0 Å². The summed E-state index contributed by atoms with van der Waals surface area (Å²) in [7, 11) is 0. The molecule has 0 amide bonds. The highest BCUT2D eigenvalue weighted by atomic mass is 14.0. The summed E-state index contributed by atoms with van der Waals surface area (Å²) in [5.41, 5.74) is 4.08. The van der Waals surface area contributed by atoms with E-state index in [0.29, 0.717) is 0 Å². The van der Waals surface area contributed by atoms with Gasteiger partial charge in [0.15, 0.2) is 0 Å². The van der Waals surface area contributed by atoms with Crippen molar-refractivity contribution in [2.45, 2.75) is 32.6 Å². The monoisotopic (exact) mass is 250 g/mol. The summed E-state index contributed by atoms with van der Waals surface area (Å²) in [4.78, 5) is 0. The normalized spacial score (nSPS) is 11.0. The first-order valence-electron chi connectivity index (χ1n) is 7.15. The lowest BCUT2D eigenvalue weighted by Gasteiger charge is -2.05. The second-order valence-electron chi connectivity index (χ2n) is 4.88. The van der Waals surface area contributed by atoms with Gasteiger partial charge in [0.05, 0.1) is 0 Å². The van der Waals surface area contributed by atoms with Crippen LogP contribution in [0.15, 0.2) is 66.7 Å². The summed E-state index contributed by atoms with van der Waals surface area (Å²) in [5.74, 6) is 0. The Hall–Kier alpha value is -1.82. The van der Waals surface area contributed by atoms with Gasteiger partial charge in [0, 0.05) is 0 Å². The Morgan fingerprint density at radius 1 is 0.842 bits per heavy atom. The van der Waals surface area contributed by atoms with Crippen LogP contribution in [0.2, 0.25) is 0 Å². The molecule has 0 saturated carbocycles. The molecule has 0 heterocycles. The van der Waals surface area contributed by atoms with Crippen LogP contribution in [0.25, 0.3) is 11.1 Å². The van der Waals surface area contributed by atoms with E-state index in [4.69, 9.17) is 0 Å². The van der Waals surface area contributed by atoms with E-state index >= 15 is 0 Å². The molecule has 0 heteroatoms. The van der Waals surface area contributed by atoms with E-state index in [1.54, 1.807) is 0 Å². The van der Waals surface area contributed by atoms with Gasteiger partial charge < -0.3 is 0 Å². The Morgan fingerprint density at radius 2 is 1.63 bits per heavy atom. The van der Waals surface area contributed by atoms with Crippen LogP contribution in [0.5, 0.6) is 0 Å². The lowest BCUT2D eigenvalue weighted by atomic mass is 10.0. The van der Waals surface area contributed by atoms with Crippen LogP contribution < -0.4 is 0 Å². The Bertz CT molecular complexity index is 509. The highest BCUT2D eigenvalue weighted by Crippen LogP contribution is 2.20. The molecule has 0 atom stereocenters. The minimum absolute atomic E-state index is 1.18. The summed E-state index contributed by atoms with van der Waals surface area (Å²) < 4.78 is 0. The van der Waals surface area contributed by atoms with Gasteiger partial charge in [-0.2, -0.15) is 0 Å². The second-order valence-corrected chi connectivity index (χ2v) is 4.88. The number of aryl methyl sites for hydroxylation is 1. The minimum atomic E-state index is 1.18. The van der Waals surface area contributed by atoms with E-state index in [2.05, 4.69) is 73.7 Å². The Morgan fingerprint density at radius 3 is 2.42 bits per heavy atom. The van der Waals surface area contributed by atoms with Crippen molar-refractivity contribution in [2.75, 3.05) is 0 Å². The van der Waals surface area contributed by atoms with Crippen molar-refractivity contribution in [3.63, 3.8) is 0 Å². The maximum atomic E-state index is 2.32. The third kappa shape index (κ3) is 4.40. The van der Waals surface area contributed by atoms with Crippen LogP contribution in [-0.4, -0.2) is 0 Å². The van der Waals surface area contributed by atoms with Crippen LogP contribution in [-0.2, 0) is 6.42 Å². The van der Waals surface area contributed by atoms with E-state index in [0.717, 1.165) is 0 Å². The summed E-state index contributed by atoms with van der Waals surface area (Å²) in [6.07, 6.45) is 9.31. The lowest BCUT2D eigenvalue weighted by molar-refractivity contribution is 0.747. The summed E-state index contributed by atoms with van der Waals surface area (Å²) >= 11 is 0. The zero-order chi connectivity index (χ0) is 13.3. The third-order valence-corrected chi connectivity index (χ3v) is 3.36. The van der Waals surface area contributed by atoms with Crippen LogP contribution >= 0.6 is 0 Å². The predicted octanol–water partition coefficient (Wildman–Crippen LogP) is 5.64. The fourth-order valence-electron chi connectivity index (χ4n) is 2.29. The molecule has 2 aromatic rings. The van der Waals surface area contributed by atoms with Crippen molar-refractivity contribution in [3.8, 4) is 11.1 Å². The SMILES string of the molecule is C/C=C/CCCCc1cccc(-c2ccccc2)c1. The quantitative estimate of drug-likeness (QED) is 0.459. The lowest BCUT2D eigenvalue weighted by Crippen LogP contribution is -1.86. The van der Waals surface area contributed by atoms with Crippen LogP contribution in [0.1, 0.15) is 31.7 Å². The molecule has 98 valence electrons. The van der Waals surface area contributed by atoms with E-state index in [9.17, 15) is 0 Å². The molecule has 0 aromatic heterocycles. The van der Waals surface area contributed by atoms with Gasteiger partial charge in [0.1, 0.15) is 0 Å². The molecule has 19 heavy (non-hydrogen) atoms. The van der Waals surface area contributed by atoms with E-state index in [1.807, 2.05) is 0 Å². The average molecular weight is 250 g/mol. The Labute approximate surface area is 116 Å². The topological polar surface area (TPSA) is 0 Å². The number of hydrogen-bond donors (Lipinski definition) is 0. The van der Waals surface area contributed by atoms with Crippen LogP contribution in [0.3, 0.4) is 0 Å². The van der Waals surface area contributed by atoms with Crippen molar-refractivity contribution < 1.29 is 0 Å². The molecule has 0 aliphatic carbocycles. The number of hydrogen-bond acceptors (Lipinski definition) is 0. The van der Waals surface area contributed by atoms with Crippen LogP contribution in [0.4, 0.5) is 0 Å². The fraction of sp³-hybridized carbons (Fsp3) is 0.263. The number of allylic oxidation sites excluding steroid dienone is 2. The van der Waals surface area contributed by atoms with Gasteiger partial charge in [-0.25, -0.2) is 0 Å². The smallest absolute Gasteiger partial charge is 0.0181 e. The summed E-state index contributed by atoms with van der Waals surface area (Å²) in [6, 6.07) is 19.5.